The van der Waals surface area contributed by atoms with Gasteiger partial charge in [0.1, 0.15) is 0 Å². The van der Waals surface area contributed by atoms with Crippen molar-refractivity contribution < 1.29 is 4.79 Å². The van der Waals surface area contributed by atoms with Crippen molar-refractivity contribution in [3.05, 3.63) is 34.2 Å². The number of aromatic nitrogens is 2. The molecule has 7 nitrogen and oxygen atoms in total. The summed E-state index contributed by atoms with van der Waals surface area (Å²) in [6, 6.07) is 5.90. The van der Waals surface area contributed by atoms with Crippen molar-refractivity contribution >= 4 is 16.9 Å². The van der Waals surface area contributed by atoms with Crippen LogP contribution in [0.3, 0.4) is 0 Å². The number of benzene rings is 1. The fourth-order valence-corrected chi connectivity index (χ4v) is 3.81. The van der Waals surface area contributed by atoms with Crippen LogP contribution in [-0.2, 0) is 7.05 Å². The quantitative estimate of drug-likeness (QED) is 0.813. The third-order valence-electron chi connectivity index (χ3n) is 5.27. The molecule has 0 bridgehead atoms. The minimum absolute atomic E-state index is 0.0585. The molecule has 7 heteroatoms. The van der Waals surface area contributed by atoms with Crippen LogP contribution in [0.1, 0.15) is 16.8 Å². The Balaban J connectivity index is 1.51. The molecule has 2 fully saturated rings. The number of rotatable bonds is 2. The number of carbonyl (C=O) groups is 1. The van der Waals surface area contributed by atoms with Crippen molar-refractivity contribution in [2.24, 2.45) is 7.05 Å². The molecule has 1 unspecified atom stereocenters. The summed E-state index contributed by atoms with van der Waals surface area (Å²) in [5, 5.41) is 3.37. The monoisotopic (exact) mass is 329 g/mol. The van der Waals surface area contributed by atoms with E-state index in [0.29, 0.717) is 11.6 Å². The molecule has 2 N–H and O–H groups in total. The molecule has 1 amide bonds. The number of aryl methyl sites for hydroxylation is 1. The number of amides is 1. The number of likely N-dealkylation sites (tertiary alicyclic amines) is 1. The summed E-state index contributed by atoms with van der Waals surface area (Å²) < 4.78 is 1.54. The maximum atomic E-state index is 12.8. The van der Waals surface area contributed by atoms with Crippen molar-refractivity contribution in [1.82, 2.24) is 24.7 Å². The molecule has 1 aromatic carbocycles. The van der Waals surface area contributed by atoms with Gasteiger partial charge in [0, 0.05) is 57.9 Å². The zero-order valence-corrected chi connectivity index (χ0v) is 13.9. The van der Waals surface area contributed by atoms with E-state index in [4.69, 9.17) is 0 Å². The van der Waals surface area contributed by atoms with Gasteiger partial charge in [-0.1, -0.05) is 0 Å². The van der Waals surface area contributed by atoms with E-state index in [0.717, 1.165) is 56.7 Å². The predicted octanol–water partition coefficient (Wildman–Crippen LogP) is -0.0137. The fraction of sp³-hybridized carbons (Fsp3) is 0.529. The summed E-state index contributed by atoms with van der Waals surface area (Å²) >= 11 is 0. The van der Waals surface area contributed by atoms with Gasteiger partial charge in [0.25, 0.3) is 5.91 Å². The number of imidazole rings is 1. The first-order valence-electron chi connectivity index (χ1n) is 8.56. The lowest BCUT2D eigenvalue weighted by atomic mass is 10.1. The lowest BCUT2D eigenvalue weighted by Crippen LogP contribution is -2.49. The third kappa shape index (κ3) is 2.63. The molecular weight excluding hydrogens is 306 g/mol. The van der Waals surface area contributed by atoms with Gasteiger partial charge in [-0.2, -0.15) is 0 Å². The summed E-state index contributed by atoms with van der Waals surface area (Å²) in [7, 11) is 1.71. The molecule has 1 atom stereocenters. The Morgan fingerprint density at radius 3 is 2.79 bits per heavy atom. The van der Waals surface area contributed by atoms with E-state index in [1.807, 2.05) is 17.0 Å². The number of hydrogen-bond acceptors (Lipinski definition) is 4. The molecule has 1 aromatic heterocycles. The highest BCUT2D eigenvalue weighted by molar-refractivity contribution is 5.97. The number of nitrogens with one attached hydrogen (secondary N) is 2. The number of fused-ring (bicyclic) bond motifs is 1. The zero-order chi connectivity index (χ0) is 16.7. The summed E-state index contributed by atoms with van der Waals surface area (Å²) in [6.45, 7) is 5.78. The van der Waals surface area contributed by atoms with E-state index in [-0.39, 0.29) is 11.6 Å². The Labute approximate surface area is 140 Å². The molecule has 2 aromatic rings. The average molecular weight is 329 g/mol. The van der Waals surface area contributed by atoms with Gasteiger partial charge in [-0.3, -0.25) is 14.3 Å². The molecule has 2 aliphatic heterocycles. The summed E-state index contributed by atoms with van der Waals surface area (Å²) in [6.07, 6.45) is 1.04. The lowest BCUT2D eigenvalue weighted by Gasteiger charge is -2.32. The molecule has 4 rings (SSSR count). The second-order valence-corrected chi connectivity index (χ2v) is 6.70. The van der Waals surface area contributed by atoms with Crippen LogP contribution in [0.2, 0.25) is 0 Å². The van der Waals surface area contributed by atoms with Gasteiger partial charge in [-0.15, -0.1) is 0 Å². The highest BCUT2D eigenvalue weighted by atomic mass is 16.2. The largest absolute Gasteiger partial charge is 0.337 e. The van der Waals surface area contributed by atoms with Crippen LogP contribution in [0.15, 0.2) is 23.0 Å². The third-order valence-corrected chi connectivity index (χ3v) is 5.27. The molecule has 0 spiro atoms. The first-order valence-corrected chi connectivity index (χ1v) is 8.56. The Bertz CT molecular complexity index is 818. The van der Waals surface area contributed by atoms with Gasteiger partial charge < -0.3 is 15.2 Å². The summed E-state index contributed by atoms with van der Waals surface area (Å²) in [4.78, 5) is 31.7. The minimum atomic E-state index is -0.158. The van der Waals surface area contributed by atoms with Crippen LogP contribution in [0, 0.1) is 0 Å². The van der Waals surface area contributed by atoms with Crippen molar-refractivity contribution in [1.29, 1.82) is 0 Å². The van der Waals surface area contributed by atoms with Crippen LogP contribution >= 0.6 is 0 Å². The first kappa shape index (κ1) is 15.4. The van der Waals surface area contributed by atoms with Crippen molar-refractivity contribution in [3.8, 4) is 0 Å². The Hall–Kier alpha value is -2.12. The average Bonchev–Trinajstić information content (AvgIpc) is 3.21. The maximum Gasteiger partial charge on any atom is 0.326 e. The van der Waals surface area contributed by atoms with Crippen LogP contribution < -0.4 is 11.0 Å². The molecule has 2 saturated heterocycles. The number of nitrogens with zero attached hydrogens (tertiary/aromatic N) is 3. The van der Waals surface area contributed by atoms with Gasteiger partial charge in [0.2, 0.25) is 0 Å². The topological polar surface area (TPSA) is 73.4 Å². The Morgan fingerprint density at radius 1 is 1.21 bits per heavy atom. The summed E-state index contributed by atoms with van der Waals surface area (Å²) in [5.41, 5.74) is 2.02. The minimum Gasteiger partial charge on any atom is -0.337 e. The molecular formula is C17H23N5O2. The molecule has 24 heavy (non-hydrogen) atoms. The SMILES string of the molecule is Cn1c(=O)[nH]c2ccc(C(=O)N3CCC(N4CCNCC4)C3)cc21. The standard InChI is InChI=1S/C17H23N5O2/c1-20-15-10-12(2-3-14(15)19-17(20)24)16(23)22-7-4-13(11-22)21-8-5-18-6-9-21/h2-3,10,13,18H,4-9,11H2,1H3,(H,19,24). The second-order valence-electron chi connectivity index (χ2n) is 6.70. The number of hydrogen-bond donors (Lipinski definition) is 2. The molecule has 128 valence electrons. The second kappa shape index (κ2) is 6.07. The van der Waals surface area contributed by atoms with Crippen LogP contribution in [0.25, 0.3) is 11.0 Å². The van der Waals surface area contributed by atoms with Crippen molar-refractivity contribution in [2.45, 2.75) is 12.5 Å². The molecule has 3 heterocycles. The Kier molecular flexibility index (Phi) is 3.90. The normalized spacial score (nSPS) is 22.4. The van der Waals surface area contributed by atoms with E-state index < -0.39 is 0 Å². The van der Waals surface area contributed by atoms with Crippen molar-refractivity contribution in [2.75, 3.05) is 39.3 Å². The molecule has 2 aliphatic rings. The lowest BCUT2D eigenvalue weighted by molar-refractivity contribution is 0.0773. The van der Waals surface area contributed by atoms with E-state index in [9.17, 15) is 9.59 Å². The van der Waals surface area contributed by atoms with Crippen LogP contribution in [-0.4, -0.2) is 70.6 Å². The fourth-order valence-electron chi connectivity index (χ4n) is 3.81. The molecule has 0 aliphatic carbocycles. The number of piperazine rings is 1. The number of carbonyl (C=O) groups excluding carboxylic acids is 1. The maximum absolute atomic E-state index is 12.8. The van der Waals surface area contributed by atoms with Crippen molar-refractivity contribution in [3.63, 3.8) is 0 Å². The highest BCUT2D eigenvalue weighted by Gasteiger charge is 2.31. The zero-order valence-electron chi connectivity index (χ0n) is 13.9. The number of H-pyrrole nitrogens is 1. The Morgan fingerprint density at radius 2 is 2.00 bits per heavy atom. The molecule has 0 radical (unpaired) electrons. The smallest absolute Gasteiger partial charge is 0.326 e. The van der Waals surface area contributed by atoms with E-state index in [1.54, 1.807) is 17.7 Å². The molecule has 0 saturated carbocycles. The predicted molar refractivity (Wildman–Crippen MR) is 92.3 cm³/mol. The number of aromatic amines is 1. The van der Waals surface area contributed by atoms with Gasteiger partial charge in [0.05, 0.1) is 11.0 Å². The summed E-state index contributed by atoms with van der Waals surface area (Å²) in [5.74, 6) is 0.0585. The van der Waals surface area contributed by atoms with Gasteiger partial charge >= 0.3 is 5.69 Å². The van der Waals surface area contributed by atoms with E-state index in [2.05, 4.69) is 15.2 Å². The van der Waals surface area contributed by atoms with Gasteiger partial charge in [-0.05, 0) is 24.6 Å². The highest BCUT2D eigenvalue weighted by Crippen LogP contribution is 2.20. The van der Waals surface area contributed by atoms with Crippen LogP contribution in [0.4, 0.5) is 0 Å². The van der Waals surface area contributed by atoms with Gasteiger partial charge in [-0.25, -0.2) is 4.79 Å². The van der Waals surface area contributed by atoms with Gasteiger partial charge in [0.15, 0.2) is 0 Å². The van der Waals surface area contributed by atoms with Crippen LogP contribution in [0.5, 0.6) is 0 Å². The first-order chi connectivity index (χ1) is 11.6. The van der Waals surface area contributed by atoms with E-state index in [1.165, 1.54) is 0 Å². The van der Waals surface area contributed by atoms with E-state index >= 15 is 0 Å².